The van der Waals surface area contributed by atoms with Gasteiger partial charge in [0.25, 0.3) is 0 Å². The van der Waals surface area contributed by atoms with Gasteiger partial charge >= 0.3 is 0 Å². The fourth-order valence-corrected chi connectivity index (χ4v) is 2.20. The summed E-state index contributed by atoms with van der Waals surface area (Å²) in [7, 11) is 0. The molecule has 1 aromatic rings. The van der Waals surface area contributed by atoms with Gasteiger partial charge in [-0.25, -0.2) is 0 Å². The first-order valence-electron chi connectivity index (χ1n) is 7.13. The predicted molar refractivity (Wildman–Crippen MR) is 78.2 cm³/mol. The van der Waals surface area contributed by atoms with Crippen molar-refractivity contribution in [2.75, 3.05) is 29.0 Å². The molecule has 2 atom stereocenters. The lowest BCUT2D eigenvalue weighted by Crippen LogP contribution is -2.26. The standard InChI is InChI=1S/C13H24N6/c1-4-9(2)10(3)15-12-16-11(14)17-13(18-12)19-7-5-6-8-19/h9-10H,4-8H2,1-3H3,(H3,14,15,16,17,18). The van der Waals surface area contributed by atoms with E-state index >= 15 is 0 Å². The third kappa shape index (κ3) is 3.45. The molecule has 0 aliphatic carbocycles. The maximum absolute atomic E-state index is 5.78. The number of nitrogens with zero attached hydrogens (tertiary/aromatic N) is 4. The zero-order chi connectivity index (χ0) is 13.8. The van der Waals surface area contributed by atoms with Gasteiger partial charge in [-0.15, -0.1) is 0 Å². The van der Waals surface area contributed by atoms with Gasteiger partial charge in [-0.05, 0) is 25.7 Å². The van der Waals surface area contributed by atoms with Gasteiger partial charge in [0.15, 0.2) is 0 Å². The summed E-state index contributed by atoms with van der Waals surface area (Å²) in [5.74, 6) is 2.13. The van der Waals surface area contributed by atoms with Crippen LogP contribution in [0, 0.1) is 5.92 Å². The third-order valence-electron chi connectivity index (χ3n) is 3.88. The highest BCUT2D eigenvalue weighted by Crippen LogP contribution is 2.19. The van der Waals surface area contributed by atoms with Gasteiger partial charge in [-0.3, -0.25) is 0 Å². The van der Waals surface area contributed by atoms with Crippen LogP contribution in [-0.2, 0) is 0 Å². The third-order valence-corrected chi connectivity index (χ3v) is 3.88. The van der Waals surface area contributed by atoms with Gasteiger partial charge in [-0.1, -0.05) is 20.3 Å². The van der Waals surface area contributed by atoms with Crippen molar-refractivity contribution >= 4 is 17.8 Å². The summed E-state index contributed by atoms with van der Waals surface area (Å²) in [6, 6.07) is 0.318. The Kier molecular flexibility index (Phi) is 4.39. The zero-order valence-electron chi connectivity index (χ0n) is 12.1. The first-order valence-corrected chi connectivity index (χ1v) is 7.13. The van der Waals surface area contributed by atoms with Gasteiger partial charge in [0, 0.05) is 19.1 Å². The number of hydrogen-bond acceptors (Lipinski definition) is 6. The molecule has 1 saturated heterocycles. The highest BCUT2D eigenvalue weighted by Gasteiger charge is 2.18. The monoisotopic (exact) mass is 264 g/mol. The highest BCUT2D eigenvalue weighted by molar-refractivity contribution is 5.42. The molecule has 2 unspecified atom stereocenters. The van der Waals surface area contributed by atoms with Gasteiger partial charge < -0.3 is 16.0 Å². The second-order valence-corrected chi connectivity index (χ2v) is 5.33. The lowest BCUT2D eigenvalue weighted by molar-refractivity contribution is 0.492. The molecule has 0 spiro atoms. The molecule has 3 N–H and O–H groups in total. The van der Waals surface area contributed by atoms with Crippen LogP contribution in [0.5, 0.6) is 0 Å². The largest absolute Gasteiger partial charge is 0.368 e. The Bertz CT molecular complexity index is 416. The average molecular weight is 264 g/mol. The number of anilines is 3. The molecule has 6 heteroatoms. The summed E-state index contributed by atoms with van der Waals surface area (Å²) in [6.07, 6.45) is 3.50. The zero-order valence-corrected chi connectivity index (χ0v) is 12.1. The van der Waals surface area contributed by atoms with Crippen LogP contribution in [-0.4, -0.2) is 34.1 Å². The van der Waals surface area contributed by atoms with E-state index in [4.69, 9.17) is 5.73 Å². The molecule has 1 aromatic heterocycles. The summed E-state index contributed by atoms with van der Waals surface area (Å²) >= 11 is 0. The van der Waals surface area contributed by atoms with Crippen LogP contribution < -0.4 is 16.0 Å². The lowest BCUT2D eigenvalue weighted by atomic mass is 10.0. The predicted octanol–water partition coefficient (Wildman–Crippen LogP) is 1.90. The van der Waals surface area contributed by atoms with Crippen molar-refractivity contribution in [2.24, 2.45) is 5.92 Å². The van der Waals surface area contributed by atoms with E-state index in [1.807, 2.05) is 0 Å². The molecule has 1 aliphatic heterocycles. The molecule has 0 saturated carbocycles. The summed E-state index contributed by atoms with van der Waals surface area (Å²) in [5.41, 5.74) is 5.78. The molecule has 106 valence electrons. The number of nitrogens with one attached hydrogen (secondary N) is 1. The minimum Gasteiger partial charge on any atom is -0.368 e. The molecule has 0 amide bonds. The van der Waals surface area contributed by atoms with E-state index in [2.05, 4.69) is 45.9 Å². The quantitative estimate of drug-likeness (QED) is 0.845. The van der Waals surface area contributed by atoms with E-state index in [1.165, 1.54) is 12.8 Å². The van der Waals surface area contributed by atoms with E-state index < -0.39 is 0 Å². The summed E-state index contributed by atoms with van der Waals surface area (Å²) < 4.78 is 0. The molecule has 19 heavy (non-hydrogen) atoms. The van der Waals surface area contributed by atoms with E-state index in [9.17, 15) is 0 Å². The maximum atomic E-state index is 5.78. The minimum absolute atomic E-state index is 0.288. The van der Waals surface area contributed by atoms with Crippen molar-refractivity contribution in [3.63, 3.8) is 0 Å². The van der Waals surface area contributed by atoms with E-state index in [1.54, 1.807) is 0 Å². The Hall–Kier alpha value is -1.59. The molecular weight excluding hydrogens is 240 g/mol. The highest BCUT2D eigenvalue weighted by atomic mass is 15.3. The van der Waals surface area contributed by atoms with Crippen LogP contribution in [0.2, 0.25) is 0 Å². The number of rotatable bonds is 5. The smallest absolute Gasteiger partial charge is 0.231 e. The fraction of sp³-hybridized carbons (Fsp3) is 0.769. The van der Waals surface area contributed by atoms with Crippen LogP contribution in [0.4, 0.5) is 17.8 Å². The molecule has 0 bridgehead atoms. The molecule has 2 heterocycles. The van der Waals surface area contributed by atoms with Crippen molar-refractivity contribution in [3.05, 3.63) is 0 Å². The van der Waals surface area contributed by atoms with Gasteiger partial charge in [0.2, 0.25) is 17.8 Å². The van der Waals surface area contributed by atoms with Crippen molar-refractivity contribution in [1.29, 1.82) is 0 Å². The van der Waals surface area contributed by atoms with Crippen LogP contribution in [0.25, 0.3) is 0 Å². The summed E-state index contributed by atoms with van der Waals surface area (Å²) in [6.45, 7) is 8.54. The summed E-state index contributed by atoms with van der Waals surface area (Å²) in [5, 5.41) is 3.33. The van der Waals surface area contributed by atoms with E-state index in [-0.39, 0.29) is 5.95 Å². The molecule has 0 radical (unpaired) electrons. The van der Waals surface area contributed by atoms with Crippen molar-refractivity contribution < 1.29 is 0 Å². The molecule has 1 aliphatic rings. The number of nitrogen functional groups attached to an aromatic ring is 1. The molecular formula is C13H24N6. The van der Waals surface area contributed by atoms with Crippen LogP contribution in [0.3, 0.4) is 0 Å². The van der Waals surface area contributed by atoms with Crippen molar-refractivity contribution in [1.82, 2.24) is 15.0 Å². The number of nitrogens with two attached hydrogens (primary N) is 1. The normalized spacial score (nSPS) is 18.4. The maximum Gasteiger partial charge on any atom is 0.231 e. The minimum atomic E-state index is 0.288. The van der Waals surface area contributed by atoms with Gasteiger partial charge in [0.05, 0.1) is 0 Å². The molecule has 2 rings (SSSR count). The van der Waals surface area contributed by atoms with Crippen LogP contribution in [0.1, 0.15) is 40.0 Å². The second kappa shape index (κ2) is 6.04. The first kappa shape index (κ1) is 13.8. The van der Waals surface area contributed by atoms with Gasteiger partial charge in [-0.2, -0.15) is 15.0 Å². The first-order chi connectivity index (χ1) is 9.10. The molecule has 6 nitrogen and oxygen atoms in total. The topological polar surface area (TPSA) is 80.0 Å². The van der Waals surface area contributed by atoms with Crippen molar-refractivity contribution in [2.45, 2.75) is 46.1 Å². The number of aromatic nitrogens is 3. The Labute approximate surface area is 114 Å². The Morgan fingerprint density at radius 2 is 1.89 bits per heavy atom. The SMILES string of the molecule is CCC(C)C(C)Nc1nc(N)nc(N2CCCC2)n1. The molecule has 0 aromatic carbocycles. The van der Waals surface area contributed by atoms with Gasteiger partial charge in [0.1, 0.15) is 0 Å². The van der Waals surface area contributed by atoms with E-state index in [0.29, 0.717) is 23.9 Å². The van der Waals surface area contributed by atoms with Crippen LogP contribution in [0.15, 0.2) is 0 Å². The Morgan fingerprint density at radius 3 is 2.53 bits per heavy atom. The summed E-state index contributed by atoms with van der Waals surface area (Å²) in [4.78, 5) is 15.1. The molecule has 1 fully saturated rings. The Morgan fingerprint density at radius 1 is 1.21 bits per heavy atom. The second-order valence-electron chi connectivity index (χ2n) is 5.33. The Balaban J connectivity index is 2.12. The van der Waals surface area contributed by atoms with Crippen molar-refractivity contribution in [3.8, 4) is 0 Å². The van der Waals surface area contributed by atoms with E-state index in [0.717, 1.165) is 19.5 Å². The number of hydrogen-bond donors (Lipinski definition) is 2. The lowest BCUT2D eigenvalue weighted by Gasteiger charge is -2.21. The fourth-order valence-electron chi connectivity index (χ4n) is 2.20. The average Bonchev–Trinajstić information content (AvgIpc) is 2.90. The van der Waals surface area contributed by atoms with Crippen LogP contribution >= 0.6 is 0 Å².